The van der Waals surface area contributed by atoms with Crippen molar-refractivity contribution in [3.63, 3.8) is 0 Å². The first-order chi connectivity index (χ1) is 15.4. The van der Waals surface area contributed by atoms with Crippen LogP contribution < -0.4 is 5.32 Å². The minimum absolute atomic E-state index is 0.0303. The van der Waals surface area contributed by atoms with E-state index < -0.39 is 0 Å². The summed E-state index contributed by atoms with van der Waals surface area (Å²) in [4.78, 5) is 42.1. The van der Waals surface area contributed by atoms with E-state index in [0.717, 1.165) is 59.3 Å². The maximum atomic E-state index is 13.0. The number of carbonyl (C=O) groups is 3. The highest BCUT2D eigenvalue weighted by atomic mass is 32.1. The molecule has 3 heterocycles. The van der Waals surface area contributed by atoms with Gasteiger partial charge in [-0.05, 0) is 51.5 Å². The summed E-state index contributed by atoms with van der Waals surface area (Å²) < 4.78 is 2.16. The maximum absolute atomic E-state index is 13.0. The van der Waals surface area contributed by atoms with Gasteiger partial charge in [-0.25, -0.2) is 4.79 Å². The van der Waals surface area contributed by atoms with E-state index >= 15 is 0 Å². The monoisotopic (exact) mass is 457 g/mol. The Hall–Kier alpha value is -2.42. The van der Waals surface area contributed by atoms with Gasteiger partial charge in [0.1, 0.15) is 11.4 Å². The molecule has 0 aromatic carbocycles. The molecule has 4 amide bonds. The predicted molar refractivity (Wildman–Crippen MR) is 123 cm³/mol. The van der Waals surface area contributed by atoms with Crippen molar-refractivity contribution in [1.82, 2.24) is 24.9 Å². The lowest BCUT2D eigenvalue weighted by Crippen LogP contribution is -2.46. The second kappa shape index (κ2) is 8.50. The van der Waals surface area contributed by atoms with Crippen molar-refractivity contribution >= 4 is 39.4 Å². The number of nitrogens with zero attached hydrogens (tertiary/aromatic N) is 4. The molecule has 2 aromatic rings. The van der Waals surface area contributed by atoms with E-state index in [1.165, 1.54) is 29.1 Å². The first kappa shape index (κ1) is 21.4. The molecule has 2 aromatic heterocycles. The quantitative estimate of drug-likeness (QED) is 0.707. The van der Waals surface area contributed by atoms with E-state index in [-0.39, 0.29) is 36.5 Å². The van der Waals surface area contributed by atoms with Crippen LogP contribution in [0.15, 0.2) is 6.07 Å². The summed E-state index contributed by atoms with van der Waals surface area (Å²) in [5, 5.41) is 9.06. The third-order valence-corrected chi connectivity index (χ3v) is 8.41. The lowest BCUT2D eigenvalue weighted by atomic mass is 9.90. The molecular formula is C23H31N5O3S. The summed E-state index contributed by atoms with van der Waals surface area (Å²) in [7, 11) is 1.66. The number of likely N-dealkylation sites (N-methyl/N-ethyl adjacent to an activating group) is 1. The minimum atomic E-state index is -0.199. The number of nitrogens with one attached hydrogen (secondary N) is 1. The van der Waals surface area contributed by atoms with Gasteiger partial charge in [0, 0.05) is 24.5 Å². The Morgan fingerprint density at radius 1 is 1.06 bits per heavy atom. The number of urea groups is 1. The van der Waals surface area contributed by atoms with Gasteiger partial charge < -0.3 is 10.2 Å². The standard InChI is InChI=1S/C23H31N5O3S/c1-14-18-12-19(32-22(18)28(25-14)17-6-4-3-5-7-17)21(30)24-15-8-10-16(11-9-15)27-20(29)13-26(2)23(27)31/h12,15-17H,3-11,13H2,1-2H3,(H,24,30). The molecule has 0 radical (unpaired) electrons. The molecule has 0 unspecified atom stereocenters. The second-order valence-corrected chi connectivity index (χ2v) is 10.6. The van der Waals surface area contributed by atoms with Crippen LogP contribution in [0.3, 0.4) is 0 Å². The Morgan fingerprint density at radius 3 is 2.44 bits per heavy atom. The molecule has 0 spiro atoms. The SMILES string of the molecule is Cc1nn(C2CCCCC2)c2sc(C(=O)NC3CCC(N4C(=O)CN(C)C4=O)CC3)cc12. The molecule has 172 valence electrons. The molecule has 3 fully saturated rings. The number of imide groups is 1. The number of carbonyl (C=O) groups excluding carboxylic acids is 3. The fourth-order valence-electron chi connectivity index (χ4n) is 5.49. The van der Waals surface area contributed by atoms with Gasteiger partial charge in [-0.1, -0.05) is 19.3 Å². The van der Waals surface area contributed by atoms with Crippen LogP contribution in [0.4, 0.5) is 4.79 Å². The Morgan fingerprint density at radius 2 is 1.78 bits per heavy atom. The van der Waals surface area contributed by atoms with E-state index in [0.29, 0.717) is 6.04 Å². The predicted octanol–water partition coefficient (Wildman–Crippen LogP) is 3.85. The van der Waals surface area contributed by atoms with Crippen LogP contribution in [0.5, 0.6) is 0 Å². The van der Waals surface area contributed by atoms with Gasteiger partial charge in [0.15, 0.2) is 0 Å². The van der Waals surface area contributed by atoms with Crippen LogP contribution in [0.2, 0.25) is 0 Å². The lowest BCUT2D eigenvalue weighted by molar-refractivity contribution is -0.127. The number of rotatable bonds is 4. The van der Waals surface area contributed by atoms with Crippen LogP contribution in [-0.4, -0.2) is 63.1 Å². The van der Waals surface area contributed by atoms with Crippen molar-refractivity contribution in [2.45, 2.75) is 82.8 Å². The number of aromatic nitrogens is 2. The molecular weight excluding hydrogens is 426 g/mol. The zero-order chi connectivity index (χ0) is 22.4. The highest BCUT2D eigenvalue weighted by molar-refractivity contribution is 7.20. The second-order valence-electron chi connectivity index (χ2n) is 9.53. The fraction of sp³-hybridized carbons (Fsp3) is 0.652. The van der Waals surface area contributed by atoms with Crippen molar-refractivity contribution in [2.24, 2.45) is 0 Å². The summed E-state index contributed by atoms with van der Waals surface area (Å²) in [5.74, 6) is -0.144. The molecule has 1 N–H and O–H groups in total. The largest absolute Gasteiger partial charge is 0.349 e. The average molecular weight is 458 g/mol. The first-order valence-electron chi connectivity index (χ1n) is 11.8. The molecule has 3 aliphatic rings. The summed E-state index contributed by atoms with van der Waals surface area (Å²) in [6.45, 7) is 2.19. The number of thiophene rings is 1. The molecule has 1 saturated heterocycles. The van der Waals surface area contributed by atoms with Crippen LogP contribution in [0.25, 0.3) is 10.2 Å². The van der Waals surface area contributed by atoms with Crippen molar-refractivity contribution in [2.75, 3.05) is 13.6 Å². The molecule has 5 rings (SSSR count). The van der Waals surface area contributed by atoms with Gasteiger partial charge in [0.05, 0.1) is 16.6 Å². The van der Waals surface area contributed by atoms with Crippen molar-refractivity contribution in [3.05, 3.63) is 16.6 Å². The van der Waals surface area contributed by atoms with E-state index in [2.05, 4.69) is 10.00 Å². The Kier molecular flexibility index (Phi) is 5.69. The first-order valence-corrected chi connectivity index (χ1v) is 12.6. The highest BCUT2D eigenvalue weighted by Gasteiger charge is 2.40. The molecule has 9 heteroatoms. The summed E-state index contributed by atoms with van der Waals surface area (Å²) in [6, 6.07) is 2.25. The van der Waals surface area contributed by atoms with Crippen LogP contribution in [-0.2, 0) is 4.79 Å². The van der Waals surface area contributed by atoms with Crippen molar-refractivity contribution in [3.8, 4) is 0 Å². The van der Waals surface area contributed by atoms with E-state index in [9.17, 15) is 14.4 Å². The molecule has 0 bridgehead atoms. The van der Waals surface area contributed by atoms with Crippen molar-refractivity contribution in [1.29, 1.82) is 0 Å². The normalized spacial score (nSPS) is 25.2. The van der Waals surface area contributed by atoms with Gasteiger partial charge in [-0.15, -0.1) is 11.3 Å². The van der Waals surface area contributed by atoms with Gasteiger partial charge in [0.2, 0.25) is 0 Å². The average Bonchev–Trinajstić information content (AvgIpc) is 3.43. The highest BCUT2D eigenvalue weighted by Crippen LogP contribution is 2.35. The third-order valence-electron chi connectivity index (χ3n) is 7.28. The number of amides is 4. The van der Waals surface area contributed by atoms with Gasteiger partial charge in [-0.2, -0.15) is 5.10 Å². The maximum Gasteiger partial charge on any atom is 0.327 e. The van der Waals surface area contributed by atoms with E-state index in [4.69, 9.17) is 5.10 Å². The zero-order valence-corrected chi connectivity index (χ0v) is 19.6. The summed E-state index contributed by atoms with van der Waals surface area (Å²) in [5.41, 5.74) is 0.992. The lowest BCUT2D eigenvalue weighted by Gasteiger charge is -2.33. The number of hydrogen-bond donors (Lipinski definition) is 1. The fourth-order valence-corrected chi connectivity index (χ4v) is 6.63. The Balaban J connectivity index is 1.23. The van der Waals surface area contributed by atoms with E-state index in [1.807, 2.05) is 13.0 Å². The molecule has 1 aliphatic heterocycles. The van der Waals surface area contributed by atoms with Gasteiger partial charge in [-0.3, -0.25) is 19.2 Å². The minimum Gasteiger partial charge on any atom is -0.349 e. The molecule has 2 saturated carbocycles. The van der Waals surface area contributed by atoms with Crippen LogP contribution in [0, 0.1) is 6.92 Å². The van der Waals surface area contributed by atoms with Gasteiger partial charge >= 0.3 is 6.03 Å². The Bertz CT molecular complexity index is 1050. The van der Waals surface area contributed by atoms with Gasteiger partial charge in [0.25, 0.3) is 11.8 Å². The molecule has 32 heavy (non-hydrogen) atoms. The summed E-state index contributed by atoms with van der Waals surface area (Å²) >= 11 is 1.54. The number of aryl methyl sites for hydroxylation is 1. The summed E-state index contributed by atoms with van der Waals surface area (Å²) in [6.07, 6.45) is 9.14. The van der Waals surface area contributed by atoms with Crippen LogP contribution >= 0.6 is 11.3 Å². The molecule has 8 nitrogen and oxygen atoms in total. The topological polar surface area (TPSA) is 87.5 Å². The third kappa shape index (κ3) is 3.80. The molecule has 2 aliphatic carbocycles. The Labute approximate surface area is 191 Å². The smallest absolute Gasteiger partial charge is 0.327 e. The van der Waals surface area contributed by atoms with Crippen molar-refractivity contribution < 1.29 is 14.4 Å². The molecule has 0 atom stereocenters. The number of hydrogen-bond acceptors (Lipinski definition) is 5. The van der Waals surface area contributed by atoms with Crippen LogP contribution in [0.1, 0.15) is 79.2 Å². The van der Waals surface area contributed by atoms with E-state index in [1.54, 1.807) is 18.4 Å². The number of fused-ring (bicyclic) bond motifs is 1. The zero-order valence-electron chi connectivity index (χ0n) is 18.8.